The first kappa shape index (κ1) is 15.0. The van der Waals surface area contributed by atoms with E-state index in [-0.39, 0.29) is 12.1 Å². The van der Waals surface area contributed by atoms with E-state index >= 15 is 0 Å². The number of ether oxygens (including phenoxy) is 1. The Morgan fingerprint density at radius 3 is 2.32 bits per heavy atom. The van der Waals surface area contributed by atoms with Gasteiger partial charge in [0.05, 0.1) is 12.2 Å². The van der Waals surface area contributed by atoms with Crippen LogP contribution < -0.4 is 11.3 Å². The fourth-order valence-electron chi connectivity index (χ4n) is 3.17. The molecule has 1 aromatic carbocycles. The maximum absolute atomic E-state index is 5.92. The van der Waals surface area contributed by atoms with Crippen molar-refractivity contribution in [3.63, 3.8) is 0 Å². The molecule has 1 fully saturated rings. The molecule has 1 aliphatic rings. The molecule has 1 aliphatic heterocycles. The molecule has 3 nitrogen and oxygen atoms in total. The Bertz CT molecular complexity index is 409. The number of nitrogens with two attached hydrogens (primary N) is 1. The van der Waals surface area contributed by atoms with Crippen molar-refractivity contribution in [1.29, 1.82) is 0 Å². The lowest BCUT2D eigenvalue weighted by molar-refractivity contribution is 0.0476. The molecule has 106 valence electrons. The molecule has 1 aromatic rings. The summed E-state index contributed by atoms with van der Waals surface area (Å²) in [6.07, 6.45) is 1.49. The summed E-state index contributed by atoms with van der Waals surface area (Å²) >= 11 is 3.46. The zero-order valence-electron chi connectivity index (χ0n) is 11.8. The Kier molecular flexibility index (Phi) is 5.01. The van der Waals surface area contributed by atoms with Crippen LogP contribution in [0.15, 0.2) is 28.7 Å². The standard InChI is InChI=1S/C15H23BrN2O/c1-9-10(2)19-11(3)15(9)14(18-17)8-12-4-6-13(16)7-5-12/h4-7,9-11,14-15,18H,8,17H2,1-3H3. The van der Waals surface area contributed by atoms with E-state index in [0.29, 0.717) is 17.9 Å². The second-order valence-corrected chi connectivity index (χ2v) is 6.50. The molecule has 5 unspecified atom stereocenters. The van der Waals surface area contributed by atoms with Crippen LogP contribution in [0.4, 0.5) is 0 Å². The molecule has 19 heavy (non-hydrogen) atoms. The van der Waals surface area contributed by atoms with Crippen LogP contribution >= 0.6 is 15.9 Å². The summed E-state index contributed by atoms with van der Waals surface area (Å²) < 4.78 is 7.03. The summed E-state index contributed by atoms with van der Waals surface area (Å²) in [7, 11) is 0. The van der Waals surface area contributed by atoms with Gasteiger partial charge in [0.1, 0.15) is 0 Å². The zero-order chi connectivity index (χ0) is 14.0. The molecule has 1 saturated heterocycles. The highest BCUT2D eigenvalue weighted by Crippen LogP contribution is 2.35. The van der Waals surface area contributed by atoms with Crippen molar-refractivity contribution in [3.05, 3.63) is 34.3 Å². The van der Waals surface area contributed by atoms with Gasteiger partial charge in [-0.3, -0.25) is 11.3 Å². The van der Waals surface area contributed by atoms with Gasteiger partial charge in [0.15, 0.2) is 0 Å². The van der Waals surface area contributed by atoms with E-state index in [0.717, 1.165) is 10.9 Å². The van der Waals surface area contributed by atoms with Crippen molar-refractivity contribution in [3.8, 4) is 0 Å². The Morgan fingerprint density at radius 2 is 1.84 bits per heavy atom. The largest absolute Gasteiger partial charge is 0.375 e. The number of rotatable bonds is 4. The molecule has 0 amide bonds. The second kappa shape index (κ2) is 6.35. The van der Waals surface area contributed by atoms with Crippen LogP contribution in [-0.2, 0) is 11.2 Å². The number of halogens is 1. The third-order valence-electron chi connectivity index (χ3n) is 4.37. The summed E-state index contributed by atoms with van der Waals surface area (Å²) in [5.41, 5.74) is 4.29. The van der Waals surface area contributed by atoms with Crippen molar-refractivity contribution < 1.29 is 4.74 Å². The summed E-state index contributed by atoms with van der Waals surface area (Å²) in [5.74, 6) is 6.75. The first-order valence-electron chi connectivity index (χ1n) is 6.89. The maximum atomic E-state index is 5.92. The molecular formula is C15H23BrN2O. The average molecular weight is 327 g/mol. The van der Waals surface area contributed by atoms with Crippen LogP contribution in [0.25, 0.3) is 0 Å². The van der Waals surface area contributed by atoms with Crippen molar-refractivity contribution in [1.82, 2.24) is 5.43 Å². The van der Waals surface area contributed by atoms with E-state index < -0.39 is 0 Å². The van der Waals surface area contributed by atoms with Gasteiger partial charge in [0.25, 0.3) is 0 Å². The number of hydrazine groups is 1. The molecule has 0 spiro atoms. The molecule has 0 aromatic heterocycles. The molecule has 2 rings (SSSR count). The molecular weight excluding hydrogens is 304 g/mol. The van der Waals surface area contributed by atoms with Crippen LogP contribution in [0, 0.1) is 11.8 Å². The van der Waals surface area contributed by atoms with Gasteiger partial charge in [-0.2, -0.15) is 0 Å². The van der Waals surface area contributed by atoms with E-state index in [1.807, 2.05) is 0 Å². The van der Waals surface area contributed by atoms with Crippen LogP contribution in [-0.4, -0.2) is 18.2 Å². The van der Waals surface area contributed by atoms with Gasteiger partial charge >= 0.3 is 0 Å². The minimum atomic E-state index is 0.246. The van der Waals surface area contributed by atoms with Gasteiger partial charge < -0.3 is 4.74 Å². The van der Waals surface area contributed by atoms with Gasteiger partial charge in [-0.1, -0.05) is 35.0 Å². The monoisotopic (exact) mass is 326 g/mol. The number of nitrogens with one attached hydrogen (secondary N) is 1. The fraction of sp³-hybridized carbons (Fsp3) is 0.600. The quantitative estimate of drug-likeness (QED) is 0.660. The number of hydrogen-bond donors (Lipinski definition) is 2. The molecule has 0 radical (unpaired) electrons. The molecule has 0 saturated carbocycles. The minimum Gasteiger partial charge on any atom is -0.375 e. The lowest BCUT2D eigenvalue weighted by Crippen LogP contribution is -2.46. The average Bonchev–Trinajstić information content (AvgIpc) is 2.63. The first-order chi connectivity index (χ1) is 9.02. The Labute approximate surface area is 124 Å². The predicted octanol–water partition coefficient (Wildman–Crippen LogP) is 2.88. The molecule has 0 bridgehead atoms. The lowest BCUT2D eigenvalue weighted by Gasteiger charge is -2.28. The Balaban J connectivity index is 2.09. The molecule has 0 aliphatic carbocycles. The zero-order valence-corrected chi connectivity index (χ0v) is 13.4. The van der Waals surface area contributed by atoms with Crippen LogP contribution in [0.1, 0.15) is 26.3 Å². The highest BCUT2D eigenvalue weighted by molar-refractivity contribution is 9.10. The predicted molar refractivity (Wildman–Crippen MR) is 81.6 cm³/mol. The van der Waals surface area contributed by atoms with E-state index in [4.69, 9.17) is 10.6 Å². The first-order valence-corrected chi connectivity index (χ1v) is 7.68. The lowest BCUT2D eigenvalue weighted by atomic mass is 9.81. The van der Waals surface area contributed by atoms with E-state index in [2.05, 4.69) is 66.4 Å². The summed E-state index contributed by atoms with van der Waals surface area (Å²) in [5, 5.41) is 0. The van der Waals surface area contributed by atoms with Crippen LogP contribution in [0.5, 0.6) is 0 Å². The van der Waals surface area contributed by atoms with Gasteiger partial charge in [-0.15, -0.1) is 0 Å². The number of benzene rings is 1. The van der Waals surface area contributed by atoms with Gasteiger partial charge in [0.2, 0.25) is 0 Å². The summed E-state index contributed by atoms with van der Waals surface area (Å²) in [6, 6.07) is 8.68. The van der Waals surface area contributed by atoms with E-state index in [1.54, 1.807) is 0 Å². The van der Waals surface area contributed by atoms with Crippen molar-refractivity contribution >= 4 is 15.9 Å². The molecule has 5 atom stereocenters. The summed E-state index contributed by atoms with van der Waals surface area (Å²) in [4.78, 5) is 0. The normalized spacial score (nSPS) is 32.5. The van der Waals surface area contributed by atoms with E-state index in [1.165, 1.54) is 5.56 Å². The van der Waals surface area contributed by atoms with Gasteiger partial charge in [-0.25, -0.2) is 0 Å². The Morgan fingerprint density at radius 1 is 1.21 bits per heavy atom. The molecule has 1 heterocycles. The Hall–Kier alpha value is -0.420. The highest BCUT2D eigenvalue weighted by Gasteiger charge is 2.41. The molecule has 3 N–H and O–H groups in total. The van der Waals surface area contributed by atoms with Gasteiger partial charge in [-0.05, 0) is 43.9 Å². The van der Waals surface area contributed by atoms with Gasteiger partial charge in [0, 0.05) is 16.4 Å². The maximum Gasteiger partial charge on any atom is 0.0597 e. The fourth-order valence-corrected chi connectivity index (χ4v) is 3.43. The molecule has 4 heteroatoms. The van der Waals surface area contributed by atoms with Crippen molar-refractivity contribution in [2.75, 3.05) is 0 Å². The number of hydrogen-bond acceptors (Lipinski definition) is 3. The van der Waals surface area contributed by atoms with E-state index in [9.17, 15) is 0 Å². The highest BCUT2D eigenvalue weighted by atomic mass is 79.9. The van der Waals surface area contributed by atoms with Crippen molar-refractivity contribution in [2.45, 2.75) is 45.4 Å². The topological polar surface area (TPSA) is 47.3 Å². The summed E-state index contributed by atoms with van der Waals surface area (Å²) in [6.45, 7) is 6.55. The van der Waals surface area contributed by atoms with Crippen LogP contribution in [0.2, 0.25) is 0 Å². The third-order valence-corrected chi connectivity index (χ3v) is 4.90. The smallest absolute Gasteiger partial charge is 0.0597 e. The van der Waals surface area contributed by atoms with Crippen LogP contribution in [0.3, 0.4) is 0 Å². The SMILES string of the molecule is CC1OC(C)C(C(Cc2ccc(Br)cc2)NN)C1C. The van der Waals surface area contributed by atoms with Crippen molar-refractivity contribution in [2.24, 2.45) is 17.7 Å². The second-order valence-electron chi connectivity index (χ2n) is 5.59. The third kappa shape index (κ3) is 3.37. The minimum absolute atomic E-state index is 0.246.